The van der Waals surface area contributed by atoms with Crippen LogP contribution in [0.25, 0.3) is 0 Å². The molecule has 1 heterocycles. The fourth-order valence-corrected chi connectivity index (χ4v) is 3.07. The number of carbonyl (C=O) groups excluding carboxylic acids is 1. The van der Waals surface area contributed by atoms with Crippen LogP contribution in [-0.4, -0.2) is 50.6 Å². The summed E-state index contributed by atoms with van der Waals surface area (Å²) in [5.74, 6) is 1.12. The number of hydrogen-bond donors (Lipinski definition) is 2. The summed E-state index contributed by atoms with van der Waals surface area (Å²) >= 11 is 0. The second kappa shape index (κ2) is 9.91. The minimum atomic E-state index is -0.244. The summed E-state index contributed by atoms with van der Waals surface area (Å²) in [6, 6.07) is 14.4. The van der Waals surface area contributed by atoms with Crippen molar-refractivity contribution in [3.05, 3.63) is 65.5 Å². The van der Waals surface area contributed by atoms with Gasteiger partial charge in [-0.1, -0.05) is 30.3 Å². The van der Waals surface area contributed by atoms with Crippen molar-refractivity contribution in [2.24, 2.45) is 4.99 Å². The largest absolute Gasteiger partial charge is 0.493 e. The number of rotatable bonds is 6. The van der Waals surface area contributed by atoms with E-state index < -0.39 is 0 Å². The highest BCUT2D eigenvalue weighted by molar-refractivity contribution is 5.85. The number of benzene rings is 2. The predicted octanol–water partition coefficient (Wildman–Crippen LogP) is 2.52. The summed E-state index contributed by atoms with van der Waals surface area (Å²) in [5.41, 5.74) is 2.10. The number of guanidine groups is 1. The lowest BCUT2D eigenvalue weighted by molar-refractivity contribution is -0.127. The van der Waals surface area contributed by atoms with E-state index in [0.29, 0.717) is 25.5 Å². The highest BCUT2D eigenvalue weighted by Gasteiger charge is 2.22. The van der Waals surface area contributed by atoms with Crippen LogP contribution in [-0.2, 0) is 11.2 Å². The molecule has 2 aromatic carbocycles. The molecule has 0 bridgehead atoms. The molecule has 1 atom stereocenters. The first-order chi connectivity index (χ1) is 14.0. The topological polar surface area (TPSA) is 66.0 Å². The predicted molar refractivity (Wildman–Crippen MR) is 112 cm³/mol. The Morgan fingerprint density at radius 2 is 1.97 bits per heavy atom. The number of likely N-dealkylation sites (N-methyl/N-ethyl adjacent to an activating group) is 1. The first-order valence-electron chi connectivity index (χ1n) is 9.74. The number of hydrogen-bond acceptors (Lipinski definition) is 3. The fraction of sp³-hybridized carbons (Fsp3) is 0.364. The minimum Gasteiger partial charge on any atom is -0.493 e. The lowest BCUT2D eigenvalue weighted by Crippen LogP contribution is -2.42. The van der Waals surface area contributed by atoms with Gasteiger partial charge < -0.3 is 20.3 Å². The molecule has 0 radical (unpaired) electrons. The van der Waals surface area contributed by atoms with Crippen LogP contribution in [0, 0.1) is 5.82 Å². The third kappa shape index (κ3) is 5.94. The molecule has 0 spiro atoms. The number of carbonyl (C=O) groups is 1. The molecule has 2 aromatic rings. The Labute approximate surface area is 170 Å². The van der Waals surface area contributed by atoms with E-state index in [0.717, 1.165) is 23.3 Å². The molecule has 1 amide bonds. The maximum atomic E-state index is 13.1. The minimum absolute atomic E-state index is 0.0477. The number of fused-ring (bicyclic) bond motifs is 1. The van der Waals surface area contributed by atoms with Crippen molar-refractivity contribution in [1.29, 1.82) is 0 Å². The van der Waals surface area contributed by atoms with Crippen molar-refractivity contribution >= 4 is 11.9 Å². The Morgan fingerprint density at radius 1 is 1.21 bits per heavy atom. The molecule has 1 aliphatic heterocycles. The average molecular weight is 398 g/mol. The molecule has 1 aliphatic rings. The van der Waals surface area contributed by atoms with E-state index in [1.807, 2.05) is 24.3 Å². The zero-order valence-electron chi connectivity index (χ0n) is 16.8. The summed E-state index contributed by atoms with van der Waals surface area (Å²) < 4.78 is 18.8. The first kappa shape index (κ1) is 20.6. The second-order valence-electron chi connectivity index (χ2n) is 7.13. The molecule has 29 heavy (non-hydrogen) atoms. The number of nitrogens with one attached hydrogen (secondary N) is 2. The van der Waals surface area contributed by atoms with Crippen molar-refractivity contribution in [2.45, 2.75) is 18.9 Å². The van der Waals surface area contributed by atoms with Gasteiger partial charge in [-0.2, -0.15) is 0 Å². The molecule has 0 saturated carbocycles. The zero-order chi connectivity index (χ0) is 20.6. The highest BCUT2D eigenvalue weighted by Crippen LogP contribution is 2.31. The quantitative estimate of drug-likeness (QED) is 0.580. The van der Waals surface area contributed by atoms with Gasteiger partial charge in [-0.15, -0.1) is 0 Å². The van der Waals surface area contributed by atoms with Crippen molar-refractivity contribution < 1.29 is 13.9 Å². The van der Waals surface area contributed by atoms with Crippen LogP contribution in [0.1, 0.15) is 23.6 Å². The summed E-state index contributed by atoms with van der Waals surface area (Å²) in [5, 5.41) is 6.72. The van der Waals surface area contributed by atoms with Gasteiger partial charge in [-0.25, -0.2) is 9.38 Å². The molecule has 2 N–H and O–H groups in total. The van der Waals surface area contributed by atoms with E-state index in [1.165, 1.54) is 17.0 Å². The van der Waals surface area contributed by atoms with Gasteiger partial charge in [0.2, 0.25) is 5.91 Å². The Kier molecular flexibility index (Phi) is 7.05. The summed E-state index contributed by atoms with van der Waals surface area (Å²) in [6.07, 6.45) is 1.52. The lowest BCUT2D eigenvalue weighted by Gasteiger charge is -2.28. The molecule has 6 nitrogen and oxygen atoms in total. The molecule has 1 unspecified atom stereocenters. The molecule has 0 saturated heterocycles. The van der Waals surface area contributed by atoms with E-state index in [4.69, 9.17) is 4.74 Å². The second-order valence-corrected chi connectivity index (χ2v) is 7.13. The van der Waals surface area contributed by atoms with Crippen molar-refractivity contribution in [1.82, 2.24) is 15.5 Å². The molecule has 3 rings (SSSR count). The smallest absolute Gasteiger partial charge is 0.243 e. The van der Waals surface area contributed by atoms with Crippen LogP contribution in [0.15, 0.2) is 53.5 Å². The summed E-state index contributed by atoms with van der Waals surface area (Å²) in [6.45, 7) is 1.29. The van der Waals surface area contributed by atoms with Crippen LogP contribution in [0.3, 0.4) is 0 Å². The highest BCUT2D eigenvalue weighted by atomic mass is 19.1. The van der Waals surface area contributed by atoms with Crippen LogP contribution in [0.2, 0.25) is 0 Å². The first-order valence-corrected chi connectivity index (χ1v) is 9.74. The monoisotopic (exact) mass is 398 g/mol. The van der Waals surface area contributed by atoms with Gasteiger partial charge >= 0.3 is 0 Å². The van der Waals surface area contributed by atoms with Crippen molar-refractivity contribution in [3.63, 3.8) is 0 Å². The van der Waals surface area contributed by atoms with Gasteiger partial charge in [0.15, 0.2) is 5.96 Å². The summed E-state index contributed by atoms with van der Waals surface area (Å²) in [4.78, 5) is 17.9. The van der Waals surface area contributed by atoms with Gasteiger partial charge in [0.1, 0.15) is 18.1 Å². The van der Waals surface area contributed by atoms with E-state index in [1.54, 1.807) is 26.2 Å². The Morgan fingerprint density at radius 3 is 2.72 bits per heavy atom. The molecular weight excluding hydrogens is 371 g/mol. The third-order valence-electron chi connectivity index (χ3n) is 4.76. The number of amides is 1. The van der Waals surface area contributed by atoms with Crippen LogP contribution in [0.5, 0.6) is 5.75 Å². The van der Waals surface area contributed by atoms with Gasteiger partial charge in [0.05, 0.1) is 12.6 Å². The SMILES string of the molecule is CN(C)C(=O)CN=C(NCCc1ccc(F)cc1)NC1CCOc2ccccc21. The van der Waals surface area contributed by atoms with Gasteiger partial charge in [0, 0.05) is 32.6 Å². The van der Waals surface area contributed by atoms with E-state index in [9.17, 15) is 9.18 Å². The van der Waals surface area contributed by atoms with E-state index in [-0.39, 0.29) is 24.3 Å². The van der Waals surface area contributed by atoms with Gasteiger partial charge in [-0.3, -0.25) is 4.79 Å². The zero-order valence-corrected chi connectivity index (χ0v) is 16.8. The number of nitrogens with zero attached hydrogens (tertiary/aromatic N) is 2. The fourth-order valence-electron chi connectivity index (χ4n) is 3.07. The number of ether oxygens (including phenoxy) is 1. The summed E-state index contributed by atoms with van der Waals surface area (Å²) in [7, 11) is 3.42. The number of para-hydroxylation sites is 1. The number of aliphatic imine (C=N–C) groups is 1. The Bertz CT molecular complexity index is 852. The third-order valence-corrected chi connectivity index (χ3v) is 4.76. The molecular formula is C22H27FN4O2. The molecule has 0 aliphatic carbocycles. The average Bonchev–Trinajstić information content (AvgIpc) is 2.73. The van der Waals surface area contributed by atoms with Crippen LogP contribution >= 0.6 is 0 Å². The lowest BCUT2D eigenvalue weighted by atomic mass is 10.0. The van der Waals surface area contributed by atoms with Crippen LogP contribution in [0.4, 0.5) is 4.39 Å². The maximum Gasteiger partial charge on any atom is 0.243 e. The standard InChI is InChI=1S/C22H27FN4O2/c1-27(2)21(28)15-25-22(24-13-11-16-7-9-17(23)10-8-16)26-19-12-14-29-20-6-4-3-5-18(19)20/h3-10,19H,11-15H2,1-2H3,(H2,24,25,26). The van der Waals surface area contributed by atoms with Gasteiger partial charge in [0.25, 0.3) is 0 Å². The van der Waals surface area contributed by atoms with Crippen LogP contribution < -0.4 is 15.4 Å². The number of halogens is 1. The van der Waals surface area contributed by atoms with E-state index in [2.05, 4.69) is 15.6 Å². The molecule has 0 fully saturated rings. The van der Waals surface area contributed by atoms with Crippen molar-refractivity contribution in [2.75, 3.05) is 33.8 Å². The van der Waals surface area contributed by atoms with Gasteiger partial charge in [-0.05, 0) is 30.2 Å². The van der Waals surface area contributed by atoms with Crippen molar-refractivity contribution in [3.8, 4) is 5.75 Å². The maximum absolute atomic E-state index is 13.1. The molecule has 154 valence electrons. The Hall–Kier alpha value is -3.09. The molecule has 0 aromatic heterocycles. The molecule has 7 heteroatoms. The van der Waals surface area contributed by atoms with E-state index >= 15 is 0 Å². The normalized spacial score (nSPS) is 15.8. The Balaban J connectivity index is 1.67.